The van der Waals surface area contributed by atoms with E-state index in [2.05, 4.69) is 10.1 Å². The van der Waals surface area contributed by atoms with Gasteiger partial charge in [0, 0.05) is 21.7 Å². The number of aromatic nitrogens is 2. The van der Waals surface area contributed by atoms with Gasteiger partial charge in [-0.2, -0.15) is 9.29 Å². The fourth-order valence-corrected chi connectivity index (χ4v) is 5.03. The Bertz CT molecular complexity index is 1120. The standard InChI is InChI=1S/C20H21Cl2N3O4S/c1-4-13(2)25(30(26,27)18-11-16(22)9-10-17(18)28-3)12-19-23-20(24-29-19)14-5-7-15(21)8-6-14/h5-11,13H,4,12H2,1-3H3. The summed E-state index contributed by atoms with van der Waals surface area (Å²) in [5.74, 6) is 0.730. The molecule has 0 amide bonds. The van der Waals surface area contributed by atoms with Gasteiger partial charge in [-0.25, -0.2) is 8.42 Å². The van der Waals surface area contributed by atoms with Crippen LogP contribution in [0.4, 0.5) is 0 Å². The van der Waals surface area contributed by atoms with E-state index in [0.29, 0.717) is 27.9 Å². The van der Waals surface area contributed by atoms with Crippen LogP contribution in [0.2, 0.25) is 10.0 Å². The molecule has 0 aliphatic heterocycles. The smallest absolute Gasteiger partial charge is 0.247 e. The van der Waals surface area contributed by atoms with Gasteiger partial charge in [-0.05, 0) is 55.8 Å². The van der Waals surface area contributed by atoms with Gasteiger partial charge in [0.2, 0.25) is 21.7 Å². The summed E-state index contributed by atoms with van der Waals surface area (Å²) in [6, 6.07) is 11.1. The number of rotatable bonds is 8. The van der Waals surface area contributed by atoms with Crippen molar-refractivity contribution < 1.29 is 17.7 Å². The minimum Gasteiger partial charge on any atom is -0.495 e. The highest BCUT2D eigenvalue weighted by Crippen LogP contribution is 2.32. The van der Waals surface area contributed by atoms with Crippen LogP contribution in [0.1, 0.15) is 26.2 Å². The molecule has 7 nitrogen and oxygen atoms in total. The summed E-state index contributed by atoms with van der Waals surface area (Å²) in [6.07, 6.45) is 0.584. The first-order valence-electron chi connectivity index (χ1n) is 9.20. The SMILES string of the molecule is CCC(C)N(Cc1nc(-c2ccc(Cl)cc2)no1)S(=O)(=O)c1cc(Cl)ccc1OC. The van der Waals surface area contributed by atoms with Crippen LogP contribution in [0.3, 0.4) is 0 Å². The molecular weight excluding hydrogens is 449 g/mol. The number of hydrogen-bond donors (Lipinski definition) is 0. The third kappa shape index (κ3) is 4.78. The molecule has 0 saturated carbocycles. The summed E-state index contributed by atoms with van der Waals surface area (Å²) < 4.78 is 38.8. The third-order valence-electron chi connectivity index (χ3n) is 4.66. The van der Waals surface area contributed by atoms with E-state index in [1.165, 1.54) is 23.5 Å². The Labute approximate surface area is 185 Å². The van der Waals surface area contributed by atoms with Crippen LogP contribution in [-0.4, -0.2) is 36.0 Å². The van der Waals surface area contributed by atoms with Gasteiger partial charge < -0.3 is 9.26 Å². The fraction of sp³-hybridized carbons (Fsp3) is 0.300. The van der Waals surface area contributed by atoms with E-state index in [-0.39, 0.29) is 29.1 Å². The summed E-state index contributed by atoms with van der Waals surface area (Å²) in [7, 11) is -2.55. The van der Waals surface area contributed by atoms with Gasteiger partial charge in [-0.1, -0.05) is 35.3 Å². The zero-order valence-corrected chi connectivity index (χ0v) is 19.0. The fourth-order valence-electron chi connectivity index (χ4n) is 2.83. The van der Waals surface area contributed by atoms with E-state index >= 15 is 0 Å². The molecule has 2 aromatic carbocycles. The molecular formula is C20H21Cl2N3O4S. The molecule has 1 atom stereocenters. The number of halogens is 2. The molecule has 0 radical (unpaired) electrons. The number of hydrogen-bond acceptors (Lipinski definition) is 6. The predicted molar refractivity (Wildman–Crippen MR) is 115 cm³/mol. The van der Waals surface area contributed by atoms with Gasteiger partial charge in [-0.3, -0.25) is 0 Å². The molecule has 0 fully saturated rings. The molecule has 10 heteroatoms. The van der Waals surface area contributed by atoms with Gasteiger partial charge >= 0.3 is 0 Å². The molecule has 160 valence electrons. The lowest BCUT2D eigenvalue weighted by Gasteiger charge is -2.27. The van der Waals surface area contributed by atoms with E-state index in [1.807, 2.05) is 13.8 Å². The number of methoxy groups -OCH3 is 1. The highest BCUT2D eigenvalue weighted by molar-refractivity contribution is 7.89. The quantitative estimate of drug-likeness (QED) is 0.459. The Kier molecular flexibility index (Phi) is 7.02. The Morgan fingerprint density at radius 2 is 1.80 bits per heavy atom. The molecule has 0 N–H and O–H groups in total. The molecule has 0 saturated heterocycles. The molecule has 1 heterocycles. The minimum atomic E-state index is -3.96. The summed E-state index contributed by atoms with van der Waals surface area (Å²) >= 11 is 12.0. The third-order valence-corrected chi connectivity index (χ3v) is 7.12. The van der Waals surface area contributed by atoms with Crippen LogP contribution in [0.5, 0.6) is 5.75 Å². The van der Waals surface area contributed by atoms with Crippen molar-refractivity contribution in [1.29, 1.82) is 0 Å². The second kappa shape index (κ2) is 9.34. The van der Waals surface area contributed by atoms with E-state index in [0.717, 1.165) is 0 Å². The van der Waals surface area contributed by atoms with Crippen LogP contribution < -0.4 is 4.74 Å². The molecule has 0 spiro atoms. The first-order chi connectivity index (χ1) is 14.3. The summed E-state index contributed by atoms with van der Waals surface area (Å²) in [6.45, 7) is 3.62. The van der Waals surface area contributed by atoms with Gasteiger partial charge in [0.25, 0.3) is 0 Å². The first-order valence-corrected chi connectivity index (χ1v) is 11.4. The van der Waals surface area contributed by atoms with Gasteiger partial charge in [-0.15, -0.1) is 0 Å². The minimum absolute atomic E-state index is 0.0183. The summed E-state index contributed by atoms with van der Waals surface area (Å²) in [5, 5.41) is 4.84. The molecule has 0 aliphatic rings. The second-order valence-electron chi connectivity index (χ2n) is 6.62. The molecule has 3 rings (SSSR count). The molecule has 30 heavy (non-hydrogen) atoms. The second-order valence-corrected chi connectivity index (χ2v) is 9.35. The van der Waals surface area contributed by atoms with Crippen molar-refractivity contribution in [2.75, 3.05) is 7.11 Å². The van der Waals surface area contributed by atoms with E-state index in [9.17, 15) is 8.42 Å². The van der Waals surface area contributed by atoms with Crippen molar-refractivity contribution in [2.24, 2.45) is 0 Å². The van der Waals surface area contributed by atoms with Crippen LogP contribution in [0, 0.1) is 0 Å². The maximum Gasteiger partial charge on any atom is 0.247 e. The Balaban J connectivity index is 1.96. The zero-order chi connectivity index (χ0) is 21.9. The highest BCUT2D eigenvalue weighted by Gasteiger charge is 2.33. The van der Waals surface area contributed by atoms with E-state index < -0.39 is 10.0 Å². The van der Waals surface area contributed by atoms with Gasteiger partial charge in [0.05, 0.1) is 13.7 Å². The number of benzene rings is 2. The average molecular weight is 470 g/mol. The maximum atomic E-state index is 13.5. The van der Waals surface area contributed by atoms with Crippen LogP contribution in [0.25, 0.3) is 11.4 Å². The lowest BCUT2D eigenvalue weighted by Crippen LogP contribution is -2.38. The molecule has 1 unspecified atom stereocenters. The Morgan fingerprint density at radius 3 is 2.43 bits per heavy atom. The van der Waals surface area contributed by atoms with Crippen molar-refractivity contribution in [3.63, 3.8) is 0 Å². The zero-order valence-electron chi connectivity index (χ0n) is 16.7. The maximum absolute atomic E-state index is 13.5. The van der Waals surface area contributed by atoms with Crippen LogP contribution in [0.15, 0.2) is 51.9 Å². The molecule has 0 bridgehead atoms. The number of ether oxygens (including phenoxy) is 1. The predicted octanol–water partition coefficient (Wildman–Crippen LogP) is 5.04. The van der Waals surface area contributed by atoms with Crippen molar-refractivity contribution in [3.05, 3.63) is 58.4 Å². The van der Waals surface area contributed by atoms with E-state index in [4.69, 9.17) is 32.5 Å². The van der Waals surface area contributed by atoms with Crippen molar-refractivity contribution >= 4 is 33.2 Å². The van der Waals surface area contributed by atoms with E-state index in [1.54, 1.807) is 30.3 Å². The van der Waals surface area contributed by atoms with Gasteiger partial charge in [0.1, 0.15) is 10.6 Å². The lowest BCUT2D eigenvalue weighted by molar-refractivity contribution is 0.271. The summed E-state index contributed by atoms with van der Waals surface area (Å²) in [5.41, 5.74) is 0.712. The van der Waals surface area contributed by atoms with Crippen LogP contribution >= 0.6 is 23.2 Å². The van der Waals surface area contributed by atoms with Crippen molar-refractivity contribution in [2.45, 2.75) is 37.8 Å². The van der Waals surface area contributed by atoms with Crippen molar-refractivity contribution in [1.82, 2.24) is 14.4 Å². The monoisotopic (exact) mass is 469 g/mol. The Morgan fingerprint density at radius 1 is 1.13 bits per heavy atom. The number of nitrogens with zero attached hydrogens (tertiary/aromatic N) is 3. The molecule has 0 aliphatic carbocycles. The van der Waals surface area contributed by atoms with Crippen LogP contribution in [-0.2, 0) is 16.6 Å². The topological polar surface area (TPSA) is 85.5 Å². The van der Waals surface area contributed by atoms with Gasteiger partial charge in [0.15, 0.2) is 0 Å². The lowest BCUT2D eigenvalue weighted by atomic mass is 10.2. The molecule has 1 aromatic heterocycles. The normalized spacial score (nSPS) is 12.9. The molecule has 3 aromatic rings. The Hall–Kier alpha value is -2.13. The summed E-state index contributed by atoms with van der Waals surface area (Å²) in [4.78, 5) is 4.33. The number of sulfonamides is 1. The highest BCUT2D eigenvalue weighted by atomic mass is 35.5. The largest absolute Gasteiger partial charge is 0.495 e. The first kappa shape index (κ1) is 22.6. The van der Waals surface area contributed by atoms with Crippen molar-refractivity contribution in [3.8, 4) is 17.1 Å². The average Bonchev–Trinajstić information content (AvgIpc) is 3.20.